The van der Waals surface area contributed by atoms with E-state index in [0.717, 1.165) is 36.3 Å². The summed E-state index contributed by atoms with van der Waals surface area (Å²) in [6.07, 6.45) is 13.7. The summed E-state index contributed by atoms with van der Waals surface area (Å²) < 4.78 is 0. The van der Waals surface area contributed by atoms with E-state index in [0.29, 0.717) is 22.7 Å². The molecule has 144 valence electrons. The number of hydrogen-bond donors (Lipinski definition) is 2. The maximum absolute atomic E-state index is 9.19. The van der Waals surface area contributed by atoms with Crippen LogP contribution in [0.25, 0.3) is 0 Å². The van der Waals surface area contributed by atoms with Gasteiger partial charge in [-0.2, -0.15) is 0 Å². The van der Waals surface area contributed by atoms with Crippen LogP contribution >= 0.6 is 0 Å². The molecule has 4 aliphatic carbocycles. The summed E-state index contributed by atoms with van der Waals surface area (Å²) in [5.41, 5.74) is 3.10. The minimum atomic E-state index is 0.300. The summed E-state index contributed by atoms with van der Waals surface area (Å²) in [7, 11) is 0. The first-order valence-electron chi connectivity index (χ1n) is 10.5. The minimum Gasteiger partial charge on any atom is -0.411 e. The van der Waals surface area contributed by atoms with E-state index in [4.69, 9.17) is 5.21 Å². The van der Waals surface area contributed by atoms with Gasteiger partial charge in [0.15, 0.2) is 0 Å². The third-order valence-corrected chi connectivity index (χ3v) is 9.12. The normalized spacial score (nSPS) is 48.0. The molecule has 0 aliphatic heterocycles. The largest absolute Gasteiger partial charge is 0.411 e. The Hall–Kier alpha value is -1.32. The Balaban J connectivity index is 1.62. The van der Waals surface area contributed by atoms with Crippen LogP contribution in [0, 0.1) is 40.4 Å². The van der Waals surface area contributed by atoms with E-state index in [9.17, 15) is 5.21 Å². The lowest BCUT2D eigenvalue weighted by Gasteiger charge is -2.58. The van der Waals surface area contributed by atoms with Gasteiger partial charge in [-0.3, -0.25) is 0 Å². The Kier molecular flexibility index (Phi) is 4.44. The standard InChI is InChI=1S/C22H34N2O2/c1-14(13-23-25)18-6-7-19-17-5-4-15-12-16(24-26)8-10-21(15,2)20(17)9-11-22(18,19)3/h12-14,17-20,25-26H,4-11H2,1-3H3. The number of nitrogens with zero attached hydrogens (tertiary/aromatic N) is 2. The lowest BCUT2D eigenvalue weighted by Crippen LogP contribution is -2.51. The second-order valence-corrected chi connectivity index (χ2v) is 9.95. The number of hydrogen-bond acceptors (Lipinski definition) is 4. The SMILES string of the molecule is CC(C=NO)C1CCC2C3CCC4=CC(=NO)CCC4(C)C3CCC12C. The molecule has 0 radical (unpaired) electrons. The number of fused-ring (bicyclic) bond motifs is 5. The molecule has 0 aromatic rings. The first-order chi connectivity index (χ1) is 12.4. The minimum absolute atomic E-state index is 0.300. The lowest BCUT2D eigenvalue weighted by molar-refractivity contribution is -0.0526. The number of rotatable bonds is 2. The topological polar surface area (TPSA) is 65.2 Å². The first-order valence-corrected chi connectivity index (χ1v) is 10.5. The zero-order valence-electron chi connectivity index (χ0n) is 16.5. The van der Waals surface area contributed by atoms with Crippen molar-refractivity contribution < 1.29 is 10.4 Å². The van der Waals surface area contributed by atoms with Gasteiger partial charge in [0.25, 0.3) is 0 Å². The van der Waals surface area contributed by atoms with Crippen molar-refractivity contribution in [3.63, 3.8) is 0 Å². The highest BCUT2D eigenvalue weighted by molar-refractivity contribution is 5.96. The molecule has 3 saturated carbocycles. The number of oxime groups is 2. The molecule has 3 fully saturated rings. The van der Waals surface area contributed by atoms with Crippen LogP contribution in [0.2, 0.25) is 0 Å². The van der Waals surface area contributed by atoms with E-state index >= 15 is 0 Å². The van der Waals surface area contributed by atoms with Crippen LogP contribution in [0.5, 0.6) is 0 Å². The summed E-state index contributed by atoms with van der Waals surface area (Å²) >= 11 is 0. The van der Waals surface area contributed by atoms with Crippen LogP contribution in [0.3, 0.4) is 0 Å². The van der Waals surface area contributed by atoms with Crippen molar-refractivity contribution in [3.05, 3.63) is 11.6 Å². The maximum Gasteiger partial charge on any atom is 0.0795 e. The van der Waals surface area contributed by atoms with Gasteiger partial charge in [-0.25, -0.2) is 0 Å². The highest BCUT2D eigenvalue weighted by Gasteiger charge is 2.59. The van der Waals surface area contributed by atoms with Gasteiger partial charge in [-0.1, -0.05) is 31.5 Å². The predicted octanol–water partition coefficient (Wildman–Crippen LogP) is 5.49. The van der Waals surface area contributed by atoms with Crippen molar-refractivity contribution in [3.8, 4) is 0 Å². The molecule has 4 aliphatic rings. The Morgan fingerprint density at radius 2 is 1.88 bits per heavy atom. The lowest BCUT2D eigenvalue weighted by atomic mass is 9.46. The van der Waals surface area contributed by atoms with Crippen molar-refractivity contribution in [1.29, 1.82) is 0 Å². The molecule has 2 N–H and O–H groups in total. The Labute approximate surface area is 157 Å². The van der Waals surface area contributed by atoms with Gasteiger partial charge in [0, 0.05) is 6.21 Å². The second kappa shape index (κ2) is 6.38. The molecule has 4 nitrogen and oxygen atoms in total. The highest BCUT2D eigenvalue weighted by Crippen LogP contribution is 2.67. The molecule has 7 atom stereocenters. The molecule has 4 rings (SSSR count). The first kappa shape index (κ1) is 18.1. The molecular weight excluding hydrogens is 324 g/mol. The summed E-state index contributed by atoms with van der Waals surface area (Å²) in [6, 6.07) is 0. The summed E-state index contributed by atoms with van der Waals surface area (Å²) in [4.78, 5) is 0. The monoisotopic (exact) mass is 358 g/mol. The molecule has 0 spiro atoms. The van der Waals surface area contributed by atoms with E-state index in [1.165, 1.54) is 44.1 Å². The van der Waals surface area contributed by atoms with E-state index in [-0.39, 0.29) is 0 Å². The van der Waals surface area contributed by atoms with Crippen molar-refractivity contribution in [2.45, 2.75) is 72.1 Å². The molecule has 7 unspecified atom stereocenters. The van der Waals surface area contributed by atoms with Crippen LogP contribution in [-0.2, 0) is 0 Å². The van der Waals surface area contributed by atoms with E-state index in [1.54, 1.807) is 6.21 Å². The summed E-state index contributed by atoms with van der Waals surface area (Å²) in [5, 5.41) is 25.0. The summed E-state index contributed by atoms with van der Waals surface area (Å²) in [6.45, 7) is 7.24. The van der Waals surface area contributed by atoms with Gasteiger partial charge in [-0.15, -0.1) is 5.16 Å². The average Bonchev–Trinajstić information content (AvgIpc) is 2.98. The van der Waals surface area contributed by atoms with Crippen molar-refractivity contribution in [2.24, 2.45) is 50.7 Å². The van der Waals surface area contributed by atoms with Crippen molar-refractivity contribution >= 4 is 11.9 Å². The van der Waals surface area contributed by atoms with Crippen LogP contribution in [0.4, 0.5) is 0 Å². The van der Waals surface area contributed by atoms with Crippen LogP contribution in [-0.4, -0.2) is 22.3 Å². The fourth-order valence-corrected chi connectivity index (χ4v) is 7.76. The van der Waals surface area contributed by atoms with E-state index in [1.807, 2.05) is 0 Å². The average molecular weight is 359 g/mol. The number of allylic oxidation sites excluding steroid dienone is 2. The maximum atomic E-state index is 9.19. The third-order valence-electron chi connectivity index (χ3n) is 9.12. The molecule has 0 saturated heterocycles. The molecule has 0 aromatic heterocycles. The van der Waals surface area contributed by atoms with Crippen molar-refractivity contribution in [1.82, 2.24) is 0 Å². The summed E-state index contributed by atoms with van der Waals surface area (Å²) in [5.74, 6) is 3.42. The molecule has 4 heteroatoms. The van der Waals surface area contributed by atoms with Gasteiger partial charge in [-0.05, 0) is 97.9 Å². The Morgan fingerprint density at radius 1 is 1.08 bits per heavy atom. The second-order valence-electron chi connectivity index (χ2n) is 9.95. The third kappa shape index (κ3) is 2.47. The molecule has 26 heavy (non-hydrogen) atoms. The van der Waals surface area contributed by atoms with Gasteiger partial charge < -0.3 is 10.4 Å². The Bertz CT molecular complexity index is 655. The predicted molar refractivity (Wildman–Crippen MR) is 104 cm³/mol. The molecule has 0 amide bonds. The molecular formula is C22H34N2O2. The van der Waals surface area contributed by atoms with Gasteiger partial charge >= 0.3 is 0 Å². The van der Waals surface area contributed by atoms with Crippen molar-refractivity contribution in [2.75, 3.05) is 0 Å². The zero-order chi connectivity index (χ0) is 18.5. The smallest absolute Gasteiger partial charge is 0.0795 e. The molecule has 0 aromatic carbocycles. The van der Waals surface area contributed by atoms with Crippen LogP contribution in [0.15, 0.2) is 22.0 Å². The van der Waals surface area contributed by atoms with E-state index in [2.05, 4.69) is 37.2 Å². The fourth-order valence-electron chi connectivity index (χ4n) is 7.76. The van der Waals surface area contributed by atoms with Gasteiger partial charge in [0.05, 0.1) is 5.71 Å². The molecule has 0 heterocycles. The Morgan fingerprint density at radius 3 is 2.62 bits per heavy atom. The van der Waals surface area contributed by atoms with Gasteiger partial charge in [0.2, 0.25) is 0 Å². The zero-order valence-corrected chi connectivity index (χ0v) is 16.5. The highest BCUT2D eigenvalue weighted by atomic mass is 16.4. The van der Waals surface area contributed by atoms with Gasteiger partial charge in [0.1, 0.15) is 0 Å². The van der Waals surface area contributed by atoms with E-state index < -0.39 is 0 Å². The molecule has 0 bridgehead atoms. The van der Waals surface area contributed by atoms with Crippen LogP contribution < -0.4 is 0 Å². The quantitative estimate of drug-likeness (QED) is 0.389. The fraction of sp³-hybridized carbons (Fsp3) is 0.818. The van der Waals surface area contributed by atoms with Crippen LogP contribution in [0.1, 0.15) is 72.1 Å².